The van der Waals surface area contributed by atoms with Gasteiger partial charge in [-0.2, -0.15) is 0 Å². The van der Waals surface area contributed by atoms with Crippen LogP contribution < -0.4 is 5.73 Å². The van der Waals surface area contributed by atoms with Gasteiger partial charge >= 0.3 is 0 Å². The van der Waals surface area contributed by atoms with E-state index in [0.29, 0.717) is 15.6 Å². The van der Waals surface area contributed by atoms with Crippen molar-refractivity contribution in [2.45, 2.75) is 12.6 Å². The summed E-state index contributed by atoms with van der Waals surface area (Å²) in [5, 5.41) is 0.796. The Balaban J connectivity index is 3.16. The molecule has 4 heteroatoms. The van der Waals surface area contributed by atoms with Crippen molar-refractivity contribution in [3.05, 3.63) is 33.8 Å². The van der Waals surface area contributed by atoms with Crippen LogP contribution in [-0.2, 0) is 5.67 Å². The van der Waals surface area contributed by atoms with Crippen molar-refractivity contribution in [3.63, 3.8) is 0 Å². The summed E-state index contributed by atoms with van der Waals surface area (Å²) >= 11 is 11.5. The van der Waals surface area contributed by atoms with Crippen LogP contribution in [-0.4, -0.2) is 6.54 Å². The third-order valence-corrected chi connectivity index (χ3v) is 2.42. The summed E-state index contributed by atoms with van der Waals surface area (Å²) in [6, 6.07) is 4.65. The van der Waals surface area contributed by atoms with Crippen molar-refractivity contribution in [3.8, 4) is 0 Å². The highest BCUT2D eigenvalue weighted by atomic mass is 35.5. The normalized spacial score (nSPS) is 15.5. The van der Waals surface area contributed by atoms with Crippen molar-refractivity contribution in [2.75, 3.05) is 6.54 Å². The monoisotopic (exact) mass is 221 g/mol. The molecular formula is C9H10Cl2FN. The molecular weight excluding hydrogens is 212 g/mol. The molecule has 1 aromatic carbocycles. The van der Waals surface area contributed by atoms with E-state index < -0.39 is 5.67 Å². The Morgan fingerprint density at radius 3 is 2.54 bits per heavy atom. The first-order valence-corrected chi connectivity index (χ1v) is 4.57. The van der Waals surface area contributed by atoms with E-state index in [1.165, 1.54) is 13.0 Å². The van der Waals surface area contributed by atoms with E-state index in [4.69, 9.17) is 28.9 Å². The molecule has 0 aliphatic carbocycles. The Kier molecular flexibility index (Phi) is 3.17. The second kappa shape index (κ2) is 3.82. The minimum atomic E-state index is -1.60. The zero-order chi connectivity index (χ0) is 10.1. The van der Waals surface area contributed by atoms with Gasteiger partial charge < -0.3 is 5.73 Å². The minimum absolute atomic E-state index is 0.103. The second-order valence-electron chi connectivity index (χ2n) is 3.03. The fourth-order valence-corrected chi connectivity index (χ4v) is 1.63. The standard InChI is InChI=1S/C9H10Cl2FN/c1-9(12,5-13)7-3-2-6(10)4-8(7)11/h2-4H,5,13H2,1H3/t9-/m0/s1. The molecule has 0 bridgehead atoms. The molecule has 0 aliphatic rings. The lowest BCUT2D eigenvalue weighted by Gasteiger charge is -2.19. The van der Waals surface area contributed by atoms with E-state index in [1.54, 1.807) is 12.1 Å². The number of rotatable bonds is 2. The number of nitrogens with two attached hydrogens (primary N) is 1. The minimum Gasteiger partial charge on any atom is -0.327 e. The van der Waals surface area contributed by atoms with E-state index in [-0.39, 0.29) is 6.54 Å². The molecule has 0 unspecified atom stereocenters. The second-order valence-corrected chi connectivity index (χ2v) is 3.87. The molecule has 0 aliphatic heterocycles. The van der Waals surface area contributed by atoms with Crippen LogP contribution in [0.4, 0.5) is 4.39 Å². The quantitative estimate of drug-likeness (QED) is 0.817. The molecule has 1 atom stereocenters. The van der Waals surface area contributed by atoms with Gasteiger partial charge in [0, 0.05) is 22.2 Å². The van der Waals surface area contributed by atoms with Crippen LogP contribution in [0.15, 0.2) is 18.2 Å². The van der Waals surface area contributed by atoms with Gasteiger partial charge in [0.25, 0.3) is 0 Å². The fourth-order valence-electron chi connectivity index (χ4n) is 1.02. The zero-order valence-corrected chi connectivity index (χ0v) is 8.66. The number of benzene rings is 1. The lowest BCUT2D eigenvalue weighted by Crippen LogP contribution is -2.26. The van der Waals surface area contributed by atoms with Gasteiger partial charge in [0.2, 0.25) is 0 Å². The highest BCUT2D eigenvalue weighted by molar-refractivity contribution is 6.35. The smallest absolute Gasteiger partial charge is 0.146 e. The number of hydrogen-bond acceptors (Lipinski definition) is 1. The average molecular weight is 222 g/mol. The first-order chi connectivity index (χ1) is 5.97. The average Bonchev–Trinajstić information content (AvgIpc) is 2.03. The lowest BCUT2D eigenvalue weighted by molar-refractivity contribution is 0.203. The summed E-state index contributed by atoms with van der Waals surface area (Å²) in [6.45, 7) is 1.29. The maximum atomic E-state index is 13.7. The van der Waals surface area contributed by atoms with Crippen LogP contribution in [0.1, 0.15) is 12.5 Å². The maximum Gasteiger partial charge on any atom is 0.146 e. The first kappa shape index (κ1) is 10.8. The zero-order valence-electron chi connectivity index (χ0n) is 7.15. The molecule has 72 valence electrons. The summed E-state index contributed by atoms with van der Waals surface area (Å²) in [4.78, 5) is 0. The van der Waals surface area contributed by atoms with Crippen LogP contribution in [0.2, 0.25) is 10.0 Å². The van der Waals surface area contributed by atoms with Crippen molar-refractivity contribution in [2.24, 2.45) is 5.73 Å². The van der Waals surface area contributed by atoms with Gasteiger partial charge in [-0.1, -0.05) is 29.3 Å². The third kappa shape index (κ3) is 2.33. The molecule has 0 saturated carbocycles. The van der Waals surface area contributed by atoms with Crippen LogP contribution in [0.3, 0.4) is 0 Å². The maximum absolute atomic E-state index is 13.7. The molecule has 0 spiro atoms. The van der Waals surface area contributed by atoms with Crippen molar-refractivity contribution < 1.29 is 4.39 Å². The fraction of sp³-hybridized carbons (Fsp3) is 0.333. The Labute approximate surface area is 86.6 Å². The van der Waals surface area contributed by atoms with E-state index in [1.807, 2.05) is 0 Å². The molecule has 0 fully saturated rings. The summed E-state index contributed by atoms with van der Waals surface area (Å²) < 4.78 is 13.7. The van der Waals surface area contributed by atoms with Gasteiger partial charge in [-0.15, -0.1) is 0 Å². The largest absolute Gasteiger partial charge is 0.327 e. The number of halogens is 3. The Hall–Kier alpha value is -0.310. The van der Waals surface area contributed by atoms with Gasteiger partial charge in [0.1, 0.15) is 5.67 Å². The number of hydrogen-bond donors (Lipinski definition) is 1. The van der Waals surface area contributed by atoms with Crippen LogP contribution in [0.5, 0.6) is 0 Å². The van der Waals surface area contributed by atoms with Gasteiger partial charge in [-0.25, -0.2) is 4.39 Å². The van der Waals surface area contributed by atoms with Crippen LogP contribution in [0.25, 0.3) is 0 Å². The molecule has 0 amide bonds. The number of alkyl halides is 1. The van der Waals surface area contributed by atoms with E-state index >= 15 is 0 Å². The predicted molar refractivity (Wildman–Crippen MR) is 54.0 cm³/mol. The Bertz CT molecular complexity index is 312. The van der Waals surface area contributed by atoms with Crippen LogP contribution >= 0.6 is 23.2 Å². The van der Waals surface area contributed by atoms with E-state index in [2.05, 4.69) is 0 Å². The SMILES string of the molecule is C[C@](F)(CN)c1ccc(Cl)cc1Cl. The molecule has 0 saturated heterocycles. The highest BCUT2D eigenvalue weighted by Crippen LogP contribution is 2.32. The molecule has 2 N–H and O–H groups in total. The Morgan fingerprint density at radius 2 is 2.08 bits per heavy atom. The van der Waals surface area contributed by atoms with Crippen molar-refractivity contribution in [1.29, 1.82) is 0 Å². The molecule has 0 aromatic heterocycles. The third-order valence-electron chi connectivity index (χ3n) is 1.88. The summed E-state index contributed by atoms with van der Waals surface area (Å²) in [7, 11) is 0. The van der Waals surface area contributed by atoms with Crippen LogP contribution in [0, 0.1) is 0 Å². The molecule has 1 aromatic rings. The molecule has 0 radical (unpaired) electrons. The van der Waals surface area contributed by atoms with Crippen molar-refractivity contribution in [1.82, 2.24) is 0 Å². The van der Waals surface area contributed by atoms with Gasteiger partial charge in [0.05, 0.1) is 0 Å². The van der Waals surface area contributed by atoms with E-state index in [0.717, 1.165) is 0 Å². The molecule has 1 nitrogen and oxygen atoms in total. The molecule has 0 heterocycles. The predicted octanol–water partition coefficient (Wildman–Crippen LogP) is 3.14. The van der Waals surface area contributed by atoms with Gasteiger partial charge in [0.15, 0.2) is 0 Å². The summed E-state index contributed by atoms with van der Waals surface area (Å²) in [6.07, 6.45) is 0. The van der Waals surface area contributed by atoms with Gasteiger partial charge in [-0.3, -0.25) is 0 Å². The molecule has 13 heavy (non-hydrogen) atoms. The first-order valence-electron chi connectivity index (χ1n) is 3.82. The Morgan fingerprint density at radius 1 is 1.46 bits per heavy atom. The van der Waals surface area contributed by atoms with Crippen molar-refractivity contribution >= 4 is 23.2 Å². The summed E-state index contributed by atoms with van der Waals surface area (Å²) in [5.74, 6) is 0. The molecule has 1 rings (SSSR count). The lowest BCUT2D eigenvalue weighted by atomic mass is 9.98. The van der Waals surface area contributed by atoms with E-state index in [9.17, 15) is 4.39 Å². The van der Waals surface area contributed by atoms with Gasteiger partial charge in [-0.05, 0) is 19.1 Å². The topological polar surface area (TPSA) is 26.0 Å². The summed E-state index contributed by atoms with van der Waals surface area (Å²) in [5.41, 5.74) is 4.06. The highest BCUT2D eigenvalue weighted by Gasteiger charge is 2.26.